The molecule has 1 amide bonds. The third kappa shape index (κ3) is 3.78. The molecule has 3 N–H and O–H groups in total. The Bertz CT molecular complexity index is 764. The van der Waals surface area contributed by atoms with Crippen molar-refractivity contribution in [1.82, 2.24) is 10.2 Å². The monoisotopic (exact) mass is 283 g/mol. The van der Waals surface area contributed by atoms with Gasteiger partial charge in [0.15, 0.2) is 0 Å². The lowest BCUT2D eigenvalue weighted by molar-refractivity contribution is 0.102. The van der Waals surface area contributed by atoms with E-state index >= 15 is 0 Å². The number of anilines is 1. The molecule has 0 atom stereocenters. The standard InChI is InChI=1S/C15H13N3O3/c1-10-4-5-12(9-11(10)3-2-8-19)16-15(21)13-6-7-14(20)18-17-13/h4-7,9,19H,8H2,1H3,(H,16,21)(H,18,20). The van der Waals surface area contributed by atoms with Gasteiger partial charge in [0.1, 0.15) is 12.3 Å². The molecule has 0 saturated heterocycles. The van der Waals surface area contributed by atoms with Crippen LogP contribution in [0, 0.1) is 18.8 Å². The van der Waals surface area contributed by atoms with E-state index in [1.54, 1.807) is 12.1 Å². The fraction of sp³-hybridized carbons (Fsp3) is 0.133. The van der Waals surface area contributed by atoms with Crippen molar-refractivity contribution in [3.8, 4) is 11.8 Å². The van der Waals surface area contributed by atoms with E-state index in [2.05, 4.69) is 27.4 Å². The van der Waals surface area contributed by atoms with Crippen molar-refractivity contribution in [2.24, 2.45) is 0 Å². The number of H-pyrrole nitrogens is 1. The van der Waals surface area contributed by atoms with Crippen molar-refractivity contribution >= 4 is 11.6 Å². The second-order valence-electron chi connectivity index (χ2n) is 4.25. The van der Waals surface area contributed by atoms with Crippen LogP contribution in [0.1, 0.15) is 21.6 Å². The molecule has 0 spiro atoms. The maximum Gasteiger partial charge on any atom is 0.276 e. The Labute approximate surface area is 120 Å². The minimum Gasteiger partial charge on any atom is -0.384 e. The number of nitrogens with zero attached hydrogens (tertiary/aromatic N) is 1. The van der Waals surface area contributed by atoms with E-state index < -0.39 is 5.91 Å². The molecule has 1 heterocycles. The van der Waals surface area contributed by atoms with E-state index in [0.29, 0.717) is 5.69 Å². The molecule has 0 saturated carbocycles. The van der Waals surface area contributed by atoms with Crippen LogP contribution in [-0.2, 0) is 0 Å². The molecule has 0 aliphatic carbocycles. The van der Waals surface area contributed by atoms with Gasteiger partial charge in [-0.25, -0.2) is 5.10 Å². The predicted octanol–water partition coefficient (Wildman–Crippen LogP) is 0.674. The molecular formula is C15H13N3O3. The lowest BCUT2D eigenvalue weighted by atomic mass is 10.1. The van der Waals surface area contributed by atoms with E-state index in [1.165, 1.54) is 12.1 Å². The molecule has 0 radical (unpaired) electrons. The van der Waals surface area contributed by atoms with Gasteiger partial charge < -0.3 is 10.4 Å². The van der Waals surface area contributed by atoms with Crippen LogP contribution in [0.15, 0.2) is 35.1 Å². The summed E-state index contributed by atoms with van der Waals surface area (Å²) < 4.78 is 0. The van der Waals surface area contributed by atoms with E-state index in [0.717, 1.165) is 11.1 Å². The van der Waals surface area contributed by atoms with Crippen molar-refractivity contribution in [3.63, 3.8) is 0 Å². The van der Waals surface area contributed by atoms with Crippen LogP contribution in [0.5, 0.6) is 0 Å². The summed E-state index contributed by atoms with van der Waals surface area (Å²) in [6.45, 7) is 1.66. The Morgan fingerprint density at radius 2 is 2.19 bits per heavy atom. The Morgan fingerprint density at radius 1 is 1.38 bits per heavy atom. The number of aromatic nitrogens is 2. The van der Waals surface area contributed by atoms with Gasteiger partial charge in [-0.05, 0) is 30.7 Å². The van der Waals surface area contributed by atoms with E-state index in [1.807, 2.05) is 13.0 Å². The van der Waals surface area contributed by atoms with Gasteiger partial charge in [0, 0.05) is 17.3 Å². The number of carbonyl (C=O) groups is 1. The highest BCUT2D eigenvalue weighted by Gasteiger charge is 2.08. The SMILES string of the molecule is Cc1ccc(NC(=O)c2ccc(=O)[nH]n2)cc1C#CCO. The first-order valence-electron chi connectivity index (χ1n) is 6.17. The zero-order valence-corrected chi connectivity index (χ0v) is 11.3. The first-order valence-corrected chi connectivity index (χ1v) is 6.17. The number of aliphatic hydroxyl groups is 1. The quantitative estimate of drug-likeness (QED) is 0.706. The van der Waals surface area contributed by atoms with Crippen LogP contribution in [0.4, 0.5) is 5.69 Å². The van der Waals surface area contributed by atoms with E-state index in [4.69, 9.17) is 5.11 Å². The first kappa shape index (κ1) is 14.5. The fourth-order valence-corrected chi connectivity index (χ4v) is 1.64. The van der Waals surface area contributed by atoms with Gasteiger partial charge in [0.25, 0.3) is 11.5 Å². The number of hydrogen-bond donors (Lipinski definition) is 3. The van der Waals surface area contributed by atoms with Crippen molar-refractivity contribution in [1.29, 1.82) is 0 Å². The highest BCUT2D eigenvalue weighted by Crippen LogP contribution is 2.15. The van der Waals surface area contributed by atoms with Crippen LogP contribution < -0.4 is 10.9 Å². The molecule has 6 heteroatoms. The van der Waals surface area contributed by atoms with Gasteiger partial charge in [0.05, 0.1) is 0 Å². The zero-order chi connectivity index (χ0) is 15.2. The lowest BCUT2D eigenvalue weighted by Crippen LogP contribution is -2.17. The maximum atomic E-state index is 12.0. The maximum absolute atomic E-state index is 12.0. The number of amides is 1. The van der Waals surface area contributed by atoms with Crippen molar-refractivity contribution < 1.29 is 9.90 Å². The number of aryl methyl sites for hydroxylation is 1. The van der Waals surface area contributed by atoms with Crippen molar-refractivity contribution in [2.75, 3.05) is 11.9 Å². The number of nitrogens with one attached hydrogen (secondary N) is 2. The molecule has 2 rings (SSSR count). The fourth-order valence-electron chi connectivity index (χ4n) is 1.64. The average Bonchev–Trinajstić information content (AvgIpc) is 2.48. The Kier molecular flexibility index (Phi) is 4.49. The lowest BCUT2D eigenvalue weighted by Gasteiger charge is -2.06. The van der Waals surface area contributed by atoms with Gasteiger partial charge in [-0.2, -0.15) is 5.10 Å². The summed E-state index contributed by atoms with van der Waals surface area (Å²) in [6.07, 6.45) is 0. The second-order valence-corrected chi connectivity index (χ2v) is 4.25. The summed E-state index contributed by atoms with van der Waals surface area (Å²) in [4.78, 5) is 22.9. The zero-order valence-electron chi connectivity index (χ0n) is 11.3. The van der Waals surface area contributed by atoms with Crippen LogP contribution in [0.2, 0.25) is 0 Å². The Morgan fingerprint density at radius 3 is 2.86 bits per heavy atom. The van der Waals surface area contributed by atoms with Crippen molar-refractivity contribution in [3.05, 3.63) is 57.5 Å². The molecule has 21 heavy (non-hydrogen) atoms. The molecule has 0 unspecified atom stereocenters. The summed E-state index contributed by atoms with van der Waals surface area (Å²) in [5, 5.41) is 17.2. The number of rotatable bonds is 2. The largest absolute Gasteiger partial charge is 0.384 e. The summed E-state index contributed by atoms with van der Waals surface area (Å²) in [5.41, 5.74) is 1.95. The molecule has 6 nitrogen and oxygen atoms in total. The van der Waals surface area contributed by atoms with E-state index in [-0.39, 0.29) is 17.9 Å². The minimum atomic E-state index is -0.434. The number of hydrogen-bond acceptors (Lipinski definition) is 4. The molecule has 2 aromatic rings. The smallest absolute Gasteiger partial charge is 0.276 e. The third-order valence-corrected chi connectivity index (χ3v) is 2.71. The Balaban J connectivity index is 2.21. The number of carbonyl (C=O) groups excluding carboxylic acids is 1. The van der Waals surface area contributed by atoms with Gasteiger partial charge in [-0.3, -0.25) is 9.59 Å². The summed E-state index contributed by atoms with van der Waals surface area (Å²) >= 11 is 0. The van der Waals surface area contributed by atoms with Crippen LogP contribution in [-0.4, -0.2) is 27.8 Å². The van der Waals surface area contributed by atoms with Crippen LogP contribution in [0.3, 0.4) is 0 Å². The molecular weight excluding hydrogens is 270 g/mol. The van der Waals surface area contributed by atoms with Crippen LogP contribution >= 0.6 is 0 Å². The van der Waals surface area contributed by atoms with Gasteiger partial charge in [-0.1, -0.05) is 17.9 Å². The van der Waals surface area contributed by atoms with Gasteiger partial charge in [-0.15, -0.1) is 0 Å². The highest BCUT2D eigenvalue weighted by molar-refractivity contribution is 6.02. The molecule has 1 aromatic carbocycles. The first-order chi connectivity index (χ1) is 10.1. The number of aromatic amines is 1. The molecule has 1 aromatic heterocycles. The highest BCUT2D eigenvalue weighted by atomic mass is 16.2. The summed E-state index contributed by atoms with van der Waals surface area (Å²) in [7, 11) is 0. The van der Waals surface area contributed by atoms with Crippen LogP contribution in [0.25, 0.3) is 0 Å². The number of benzene rings is 1. The molecule has 0 aliphatic rings. The number of aliphatic hydroxyl groups excluding tert-OH is 1. The van der Waals surface area contributed by atoms with E-state index in [9.17, 15) is 9.59 Å². The van der Waals surface area contributed by atoms with Crippen molar-refractivity contribution in [2.45, 2.75) is 6.92 Å². The van der Waals surface area contributed by atoms with Gasteiger partial charge >= 0.3 is 0 Å². The van der Waals surface area contributed by atoms with Gasteiger partial charge in [0.2, 0.25) is 0 Å². The molecule has 0 aliphatic heterocycles. The second kappa shape index (κ2) is 6.50. The average molecular weight is 283 g/mol. The molecule has 0 bridgehead atoms. The molecule has 106 valence electrons. The predicted molar refractivity (Wildman–Crippen MR) is 78.0 cm³/mol. The normalized spacial score (nSPS) is 9.62. The topological polar surface area (TPSA) is 95.1 Å². The minimum absolute atomic E-state index is 0.109. The summed E-state index contributed by atoms with van der Waals surface area (Å²) in [5.74, 6) is 4.94. The Hall–Kier alpha value is -2.91. The third-order valence-electron chi connectivity index (χ3n) is 2.71. The summed E-state index contributed by atoms with van der Waals surface area (Å²) in [6, 6.07) is 7.84. The molecule has 0 fully saturated rings.